The van der Waals surface area contributed by atoms with Crippen molar-refractivity contribution < 1.29 is 14.3 Å². The molecule has 0 saturated heterocycles. The first-order valence-electron chi connectivity index (χ1n) is 7.16. The maximum atomic E-state index is 12.2. The van der Waals surface area contributed by atoms with Crippen LogP contribution in [0.1, 0.15) is 21.8 Å². The lowest BCUT2D eigenvalue weighted by Crippen LogP contribution is -2.12. The molecule has 3 aromatic rings. The third kappa shape index (κ3) is 3.23. The summed E-state index contributed by atoms with van der Waals surface area (Å²) >= 11 is 0. The molecule has 0 aliphatic heterocycles. The van der Waals surface area contributed by atoms with Crippen LogP contribution in [0.15, 0.2) is 53.1 Å². The van der Waals surface area contributed by atoms with E-state index in [0.29, 0.717) is 11.6 Å². The van der Waals surface area contributed by atoms with Crippen molar-refractivity contribution in [1.82, 2.24) is 4.98 Å². The predicted octanol–water partition coefficient (Wildman–Crippen LogP) is 3.92. The van der Waals surface area contributed by atoms with Gasteiger partial charge in [-0.15, -0.1) is 0 Å². The van der Waals surface area contributed by atoms with Gasteiger partial charge >= 0.3 is 0 Å². The van der Waals surface area contributed by atoms with Gasteiger partial charge in [0.25, 0.3) is 5.91 Å². The monoisotopic (exact) mass is 308 g/mol. The molecule has 116 valence electrons. The van der Waals surface area contributed by atoms with E-state index in [1.807, 2.05) is 19.1 Å². The molecule has 23 heavy (non-hydrogen) atoms. The molecule has 5 nitrogen and oxygen atoms in total. The average molecular weight is 308 g/mol. The fourth-order valence-corrected chi connectivity index (χ4v) is 2.25. The van der Waals surface area contributed by atoms with Gasteiger partial charge in [0.2, 0.25) is 0 Å². The number of nitrogens with one attached hydrogen (secondary N) is 1. The van der Waals surface area contributed by atoms with Crippen LogP contribution in [0.2, 0.25) is 0 Å². The Labute approximate surface area is 133 Å². The number of oxazole rings is 1. The number of carbonyl (C=O) groups excluding carboxylic acids is 1. The van der Waals surface area contributed by atoms with Crippen molar-refractivity contribution in [3.63, 3.8) is 0 Å². The number of anilines is 1. The van der Waals surface area contributed by atoms with Gasteiger partial charge in [0.05, 0.1) is 5.56 Å². The Morgan fingerprint density at radius 3 is 2.48 bits per heavy atom. The third-order valence-corrected chi connectivity index (χ3v) is 3.46. The van der Waals surface area contributed by atoms with Crippen molar-refractivity contribution >= 4 is 11.6 Å². The first kappa shape index (κ1) is 14.8. The molecule has 0 unspecified atom stereocenters. The van der Waals surface area contributed by atoms with Crippen molar-refractivity contribution in [2.45, 2.75) is 13.8 Å². The zero-order valence-electron chi connectivity index (χ0n) is 12.8. The molecule has 5 heteroatoms. The molecule has 1 amide bonds. The van der Waals surface area contributed by atoms with Crippen LogP contribution in [0.3, 0.4) is 0 Å². The van der Waals surface area contributed by atoms with Gasteiger partial charge in [-0.25, -0.2) is 4.98 Å². The molecule has 0 saturated carbocycles. The standard InChI is InChI=1S/C18H16N2O3/c1-11-3-8-15(17(21)9-11)18(22)20-14-6-4-13(5-7-14)16-10-23-12(2)19-16/h3-10,21H,1-2H3,(H,20,22). The summed E-state index contributed by atoms with van der Waals surface area (Å²) in [6, 6.07) is 12.2. The molecule has 0 atom stereocenters. The number of aryl methyl sites for hydroxylation is 2. The summed E-state index contributed by atoms with van der Waals surface area (Å²) in [6.07, 6.45) is 1.59. The second-order valence-electron chi connectivity index (χ2n) is 5.30. The van der Waals surface area contributed by atoms with Crippen LogP contribution in [0.5, 0.6) is 5.75 Å². The summed E-state index contributed by atoms with van der Waals surface area (Å²) in [5, 5.41) is 12.6. The average Bonchev–Trinajstić information content (AvgIpc) is 2.94. The summed E-state index contributed by atoms with van der Waals surface area (Å²) in [7, 11) is 0. The maximum absolute atomic E-state index is 12.2. The summed E-state index contributed by atoms with van der Waals surface area (Å²) in [4.78, 5) is 16.5. The maximum Gasteiger partial charge on any atom is 0.259 e. The number of rotatable bonds is 3. The molecule has 1 heterocycles. The fourth-order valence-electron chi connectivity index (χ4n) is 2.25. The molecule has 0 fully saturated rings. The highest BCUT2D eigenvalue weighted by molar-refractivity contribution is 6.06. The van der Waals surface area contributed by atoms with Crippen molar-refractivity contribution in [3.05, 3.63) is 65.7 Å². The lowest BCUT2D eigenvalue weighted by Gasteiger charge is -2.08. The minimum Gasteiger partial charge on any atom is -0.507 e. The van der Waals surface area contributed by atoms with Gasteiger partial charge in [-0.3, -0.25) is 4.79 Å². The van der Waals surface area contributed by atoms with Crippen LogP contribution >= 0.6 is 0 Å². The highest BCUT2D eigenvalue weighted by Crippen LogP contribution is 2.23. The highest BCUT2D eigenvalue weighted by atomic mass is 16.3. The lowest BCUT2D eigenvalue weighted by molar-refractivity contribution is 0.102. The Hall–Kier alpha value is -3.08. The van der Waals surface area contributed by atoms with Crippen LogP contribution in [0.4, 0.5) is 5.69 Å². The van der Waals surface area contributed by atoms with Gasteiger partial charge in [0, 0.05) is 18.2 Å². The number of aromatic hydroxyl groups is 1. The lowest BCUT2D eigenvalue weighted by atomic mass is 10.1. The summed E-state index contributed by atoms with van der Waals surface area (Å²) in [6.45, 7) is 3.64. The second-order valence-corrected chi connectivity index (χ2v) is 5.30. The van der Waals surface area contributed by atoms with Gasteiger partial charge < -0.3 is 14.8 Å². The molecule has 0 radical (unpaired) electrons. The molecule has 0 bridgehead atoms. The largest absolute Gasteiger partial charge is 0.507 e. The number of phenolic OH excluding ortho intramolecular Hbond substituents is 1. The van der Waals surface area contributed by atoms with E-state index in [4.69, 9.17) is 4.42 Å². The highest BCUT2D eigenvalue weighted by Gasteiger charge is 2.11. The minimum atomic E-state index is -0.354. The molecule has 0 spiro atoms. The van der Waals surface area contributed by atoms with Crippen LogP contribution in [-0.2, 0) is 0 Å². The molecular weight excluding hydrogens is 292 g/mol. The summed E-state index contributed by atoms with van der Waals surface area (Å²) in [5.74, 6) is 0.219. The Morgan fingerprint density at radius 1 is 1.13 bits per heavy atom. The van der Waals surface area contributed by atoms with E-state index in [-0.39, 0.29) is 17.2 Å². The smallest absolute Gasteiger partial charge is 0.259 e. The quantitative estimate of drug-likeness (QED) is 0.769. The van der Waals surface area contributed by atoms with Gasteiger partial charge in [-0.1, -0.05) is 18.2 Å². The number of hydrogen-bond donors (Lipinski definition) is 2. The molecule has 3 rings (SSSR count). The molecule has 1 aromatic heterocycles. The van der Waals surface area contributed by atoms with Crippen LogP contribution < -0.4 is 5.32 Å². The van der Waals surface area contributed by atoms with Crippen LogP contribution in [-0.4, -0.2) is 16.0 Å². The Morgan fingerprint density at radius 2 is 1.87 bits per heavy atom. The SMILES string of the molecule is Cc1ccc(C(=O)Nc2ccc(-c3coc(C)n3)cc2)c(O)c1. The second kappa shape index (κ2) is 5.96. The first-order valence-corrected chi connectivity index (χ1v) is 7.16. The van der Waals surface area contributed by atoms with Crippen LogP contribution in [0.25, 0.3) is 11.3 Å². The molecule has 0 aliphatic rings. The van der Waals surface area contributed by atoms with E-state index >= 15 is 0 Å². The van der Waals surface area contributed by atoms with Crippen LogP contribution in [0, 0.1) is 13.8 Å². The van der Waals surface area contributed by atoms with Crippen molar-refractivity contribution in [2.75, 3.05) is 5.32 Å². The van der Waals surface area contributed by atoms with E-state index in [1.54, 1.807) is 43.5 Å². The third-order valence-electron chi connectivity index (χ3n) is 3.46. The van der Waals surface area contributed by atoms with Gasteiger partial charge in [-0.2, -0.15) is 0 Å². The number of benzene rings is 2. The Kier molecular flexibility index (Phi) is 3.85. The normalized spacial score (nSPS) is 10.5. The van der Waals surface area contributed by atoms with E-state index in [0.717, 1.165) is 16.8 Å². The zero-order valence-corrected chi connectivity index (χ0v) is 12.8. The van der Waals surface area contributed by atoms with E-state index in [9.17, 15) is 9.90 Å². The van der Waals surface area contributed by atoms with Gasteiger partial charge in [0.15, 0.2) is 5.89 Å². The number of phenols is 1. The number of carbonyl (C=O) groups is 1. The van der Waals surface area contributed by atoms with Crippen molar-refractivity contribution in [3.8, 4) is 17.0 Å². The summed E-state index contributed by atoms with van der Waals surface area (Å²) < 4.78 is 5.19. The topological polar surface area (TPSA) is 75.4 Å². The fraction of sp³-hybridized carbons (Fsp3) is 0.111. The molecular formula is C18H16N2O3. The van der Waals surface area contributed by atoms with Crippen molar-refractivity contribution in [1.29, 1.82) is 0 Å². The zero-order chi connectivity index (χ0) is 16.4. The van der Waals surface area contributed by atoms with E-state index < -0.39 is 0 Å². The molecule has 2 N–H and O–H groups in total. The van der Waals surface area contributed by atoms with E-state index in [1.165, 1.54) is 0 Å². The predicted molar refractivity (Wildman–Crippen MR) is 87.5 cm³/mol. The first-order chi connectivity index (χ1) is 11.0. The van der Waals surface area contributed by atoms with Gasteiger partial charge in [0.1, 0.15) is 17.7 Å². The number of nitrogens with zero attached hydrogens (tertiary/aromatic N) is 1. The number of hydrogen-bond acceptors (Lipinski definition) is 4. The summed E-state index contributed by atoms with van der Waals surface area (Å²) in [5.41, 5.74) is 3.42. The Bertz CT molecular complexity index is 851. The minimum absolute atomic E-state index is 0.0304. The van der Waals surface area contributed by atoms with E-state index in [2.05, 4.69) is 10.3 Å². The molecule has 2 aromatic carbocycles. The van der Waals surface area contributed by atoms with Crippen molar-refractivity contribution in [2.24, 2.45) is 0 Å². The molecule has 0 aliphatic carbocycles. The van der Waals surface area contributed by atoms with Gasteiger partial charge in [-0.05, 0) is 36.8 Å². The Balaban J connectivity index is 1.76. The number of amides is 1. The number of aromatic nitrogens is 1.